The number of hydrogen-bond donors (Lipinski definition) is 2. The van der Waals surface area contributed by atoms with Crippen LogP contribution in [-0.2, 0) is 0 Å². The molecule has 80 valence electrons. The molecule has 3 N–H and O–H groups in total. The van der Waals surface area contributed by atoms with Crippen LogP contribution in [0.15, 0.2) is 4.99 Å². The van der Waals surface area contributed by atoms with Crippen molar-refractivity contribution in [1.29, 1.82) is 0 Å². The molecule has 0 saturated heterocycles. The minimum Gasteiger partial charge on any atom is -0.312 e. The lowest BCUT2D eigenvalue weighted by Crippen LogP contribution is -2.44. The Morgan fingerprint density at radius 2 is 2.07 bits per heavy atom. The molecule has 0 radical (unpaired) electrons. The van der Waals surface area contributed by atoms with Crippen LogP contribution in [0, 0.1) is 17.8 Å². The lowest BCUT2D eigenvalue weighted by molar-refractivity contribution is 0.137. The molecule has 1 atom stereocenters. The Hall–Kier alpha value is -0.570. The Morgan fingerprint density at radius 3 is 2.50 bits per heavy atom. The van der Waals surface area contributed by atoms with Crippen LogP contribution in [0.1, 0.15) is 39.0 Å². The summed E-state index contributed by atoms with van der Waals surface area (Å²) in [4.78, 5) is 4.47. The highest BCUT2D eigenvalue weighted by Gasteiger charge is 2.37. The monoisotopic (exact) mass is 195 g/mol. The van der Waals surface area contributed by atoms with Gasteiger partial charge in [0.15, 0.2) is 0 Å². The van der Waals surface area contributed by atoms with Crippen molar-refractivity contribution in [2.45, 2.75) is 39.0 Å². The molecule has 0 aromatic heterocycles. The fourth-order valence-corrected chi connectivity index (χ4v) is 3.15. The van der Waals surface area contributed by atoms with E-state index >= 15 is 0 Å². The Kier molecular flexibility index (Phi) is 3.06. The molecule has 3 aliphatic rings. The average molecular weight is 195 g/mol. The summed E-state index contributed by atoms with van der Waals surface area (Å²) >= 11 is 0. The minimum absolute atomic E-state index is 0.632. The Labute approximate surface area is 86.1 Å². The van der Waals surface area contributed by atoms with Gasteiger partial charge in [0.25, 0.3) is 0 Å². The highest BCUT2D eigenvalue weighted by atomic mass is 15.3. The van der Waals surface area contributed by atoms with E-state index in [2.05, 4.69) is 17.3 Å². The average Bonchev–Trinajstić information content (AvgIpc) is 2.27. The quantitative estimate of drug-likeness (QED) is 0.305. The van der Waals surface area contributed by atoms with Crippen molar-refractivity contribution in [3.05, 3.63) is 0 Å². The minimum atomic E-state index is 0.632. The van der Waals surface area contributed by atoms with Crippen LogP contribution in [-0.4, -0.2) is 12.4 Å². The number of nitrogens with two attached hydrogens (primary N) is 1. The largest absolute Gasteiger partial charge is 0.312 e. The Bertz CT molecular complexity index is 217. The zero-order chi connectivity index (χ0) is 9.97. The van der Waals surface area contributed by atoms with Crippen molar-refractivity contribution in [2.75, 3.05) is 6.54 Å². The fourth-order valence-electron chi connectivity index (χ4n) is 3.15. The van der Waals surface area contributed by atoms with Crippen molar-refractivity contribution in [3.63, 3.8) is 0 Å². The zero-order valence-electron chi connectivity index (χ0n) is 9.00. The first-order valence-corrected chi connectivity index (χ1v) is 5.86. The maximum absolute atomic E-state index is 5.54. The van der Waals surface area contributed by atoms with Crippen LogP contribution < -0.4 is 11.3 Å². The second-order valence-electron chi connectivity index (χ2n) is 4.63. The number of nitrogens with one attached hydrogen (secondary N) is 1. The molecular formula is C11H21N3. The third-order valence-corrected chi connectivity index (χ3v) is 3.88. The Balaban J connectivity index is 2.06. The van der Waals surface area contributed by atoms with Crippen LogP contribution in [0.25, 0.3) is 0 Å². The van der Waals surface area contributed by atoms with Crippen LogP contribution in [0.5, 0.6) is 0 Å². The van der Waals surface area contributed by atoms with Gasteiger partial charge in [0, 0.05) is 12.5 Å². The van der Waals surface area contributed by atoms with Crippen LogP contribution in [0.3, 0.4) is 0 Å². The first-order chi connectivity index (χ1) is 6.85. The molecule has 0 heterocycles. The molecule has 0 aromatic rings. The number of rotatable bonds is 2. The van der Waals surface area contributed by atoms with Gasteiger partial charge in [0.2, 0.25) is 0 Å². The smallest absolute Gasteiger partial charge is 0.114 e. The molecule has 3 saturated carbocycles. The maximum Gasteiger partial charge on any atom is 0.114 e. The summed E-state index contributed by atoms with van der Waals surface area (Å²) in [5.74, 6) is 9.02. The summed E-state index contributed by atoms with van der Waals surface area (Å²) in [7, 11) is 0. The number of hydrogen-bond acceptors (Lipinski definition) is 2. The third kappa shape index (κ3) is 1.78. The van der Waals surface area contributed by atoms with Gasteiger partial charge in [-0.05, 0) is 38.0 Å². The summed E-state index contributed by atoms with van der Waals surface area (Å²) in [6, 6.07) is 0. The first-order valence-electron chi connectivity index (χ1n) is 5.86. The summed E-state index contributed by atoms with van der Waals surface area (Å²) in [6.45, 7) is 2.91. The number of amidine groups is 1. The van der Waals surface area contributed by atoms with Crippen molar-refractivity contribution in [2.24, 2.45) is 28.6 Å². The summed E-state index contributed by atoms with van der Waals surface area (Å²) < 4.78 is 0. The number of aliphatic imine (C=N–C) groups is 1. The predicted octanol–water partition coefficient (Wildman–Crippen LogP) is 1.69. The highest BCUT2D eigenvalue weighted by molar-refractivity contribution is 5.84. The molecule has 0 aliphatic heterocycles. The number of hydrazine groups is 1. The molecule has 0 aromatic carbocycles. The summed E-state index contributed by atoms with van der Waals surface area (Å²) in [5, 5.41) is 0. The lowest BCUT2D eigenvalue weighted by Gasteiger charge is -2.42. The van der Waals surface area contributed by atoms with Crippen molar-refractivity contribution >= 4 is 5.84 Å². The van der Waals surface area contributed by atoms with Gasteiger partial charge in [-0.15, -0.1) is 0 Å². The van der Waals surface area contributed by atoms with Gasteiger partial charge in [0.1, 0.15) is 5.84 Å². The number of fused-ring (bicyclic) bond motifs is 3. The van der Waals surface area contributed by atoms with Crippen molar-refractivity contribution in [3.8, 4) is 0 Å². The molecule has 3 rings (SSSR count). The fraction of sp³-hybridized carbons (Fsp3) is 0.909. The van der Waals surface area contributed by atoms with E-state index in [0.717, 1.165) is 24.2 Å². The van der Waals surface area contributed by atoms with E-state index in [4.69, 9.17) is 5.84 Å². The van der Waals surface area contributed by atoms with E-state index in [9.17, 15) is 0 Å². The van der Waals surface area contributed by atoms with Crippen molar-refractivity contribution < 1.29 is 0 Å². The molecule has 2 bridgehead atoms. The van der Waals surface area contributed by atoms with Crippen LogP contribution in [0.2, 0.25) is 0 Å². The molecule has 0 amide bonds. The van der Waals surface area contributed by atoms with Gasteiger partial charge < -0.3 is 5.43 Å². The SMILES string of the molecule is CCN=C(NN)C1CC2CCC1CC2. The third-order valence-electron chi connectivity index (χ3n) is 3.88. The predicted molar refractivity (Wildman–Crippen MR) is 58.9 cm³/mol. The van der Waals surface area contributed by atoms with Gasteiger partial charge in [-0.1, -0.05) is 12.8 Å². The normalized spacial score (nSPS) is 37.3. The van der Waals surface area contributed by atoms with Gasteiger partial charge in [-0.25, -0.2) is 5.84 Å². The van der Waals surface area contributed by atoms with E-state index in [1.807, 2.05) is 0 Å². The summed E-state index contributed by atoms with van der Waals surface area (Å²) in [5.41, 5.74) is 2.81. The van der Waals surface area contributed by atoms with Crippen LogP contribution in [0.4, 0.5) is 0 Å². The molecule has 1 unspecified atom stereocenters. The molecule has 14 heavy (non-hydrogen) atoms. The molecule has 3 aliphatic carbocycles. The standard InChI is InChI=1S/C11H21N3/c1-2-13-11(14-12)10-7-8-3-5-9(10)6-4-8/h8-10H,2-7,12H2,1H3,(H,13,14). The van der Waals surface area contributed by atoms with E-state index in [-0.39, 0.29) is 0 Å². The molecular weight excluding hydrogens is 174 g/mol. The van der Waals surface area contributed by atoms with E-state index in [0.29, 0.717) is 5.92 Å². The highest BCUT2D eigenvalue weighted by Crippen LogP contribution is 2.45. The second-order valence-corrected chi connectivity index (χ2v) is 4.63. The van der Waals surface area contributed by atoms with Gasteiger partial charge in [-0.2, -0.15) is 0 Å². The maximum atomic E-state index is 5.54. The molecule has 0 spiro atoms. The number of nitrogens with zero attached hydrogens (tertiary/aromatic N) is 1. The van der Waals surface area contributed by atoms with Gasteiger partial charge >= 0.3 is 0 Å². The molecule has 3 nitrogen and oxygen atoms in total. The van der Waals surface area contributed by atoms with Gasteiger partial charge in [0.05, 0.1) is 0 Å². The Morgan fingerprint density at radius 1 is 1.36 bits per heavy atom. The molecule has 3 fully saturated rings. The molecule has 3 heteroatoms. The van der Waals surface area contributed by atoms with Crippen LogP contribution >= 0.6 is 0 Å². The van der Waals surface area contributed by atoms with E-state index < -0.39 is 0 Å². The zero-order valence-corrected chi connectivity index (χ0v) is 9.00. The van der Waals surface area contributed by atoms with Gasteiger partial charge in [-0.3, -0.25) is 4.99 Å². The van der Waals surface area contributed by atoms with E-state index in [1.165, 1.54) is 32.1 Å². The first kappa shape index (κ1) is 9.97. The van der Waals surface area contributed by atoms with E-state index in [1.54, 1.807) is 0 Å². The topological polar surface area (TPSA) is 50.4 Å². The summed E-state index contributed by atoms with van der Waals surface area (Å²) in [6.07, 6.45) is 6.96. The van der Waals surface area contributed by atoms with Crippen molar-refractivity contribution in [1.82, 2.24) is 5.43 Å². The lowest BCUT2D eigenvalue weighted by atomic mass is 9.64. The second kappa shape index (κ2) is 4.30.